The van der Waals surface area contributed by atoms with Crippen LogP contribution in [0.25, 0.3) is 0 Å². The maximum atomic E-state index is 5.93. The van der Waals surface area contributed by atoms with Gasteiger partial charge in [-0.05, 0) is 37.1 Å². The van der Waals surface area contributed by atoms with Crippen molar-refractivity contribution in [2.24, 2.45) is 0 Å². The van der Waals surface area contributed by atoms with Gasteiger partial charge in [-0.25, -0.2) is 0 Å². The lowest BCUT2D eigenvalue weighted by molar-refractivity contribution is 0.493. The lowest BCUT2D eigenvalue weighted by Crippen LogP contribution is -2.21. The minimum atomic E-state index is 0.466. The summed E-state index contributed by atoms with van der Waals surface area (Å²) in [5.41, 5.74) is 1.35. The Balaban J connectivity index is 2.20. The molecule has 2 heteroatoms. The molecule has 0 aliphatic heterocycles. The summed E-state index contributed by atoms with van der Waals surface area (Å²) in [4.78, 5) is 0. The predicted octanol–water partition coefficient (Wildman–Crippen LogP) is 5.74. The van der Waals surface area contributed by atoms with E-state index in [2.05, 4.69) is 31.3 Å². The van der Waals surface area contributed by atoms with Gasteiger partial charge in [-0.2, -0.15) is 0 Å². The zero-order valence-corrected chi connectivity index (χ0v) is 13.2. The van der Waals surface area contributed by atoms with Gasteiger partial charge in [0, 0.05) is 11.1 Å². The normalized spacial score (nSPS) is 12.6. The van der Waals surface area contributed by atoms with Crippen LogP contribution in [-0.4, -0.2) is 6.54 Å². The Hall–Kier alpha value is -0.530. The van der Waals surface area contributed by atoms with E-state index in [1.165, 1.54) is 44.1 Å². The summed E-state index contributed by atoms with van der Waals surface area (Å²) in [6.45, 7) is 5.61. The van der Waals surface area contributed by atoms with Gasteiger partial charge in [-0.1, -0.05) is 69.7 Å². The van der Waals surface area contributed by atoms with Crippen LogP contribution in [0.5, 0.6) is 0 Å². The lowest BCUT2D eigenvalue weighted by atomic mass is 10.0. The molecule has 0 heterocycles. The van der Waals surface area contributed by atoms with Gasteiger partial charge >= 0.3 is 0 Å². The fourth-order valence-electron chi connectivity index (χ4n) is 2.37. The minimum absolute atomic E-state index is 0.466. The van der Waals surface area contributed by atoms with Crippen molar-refractivity contribution in [1.82, 2.24) is 5.32 Å². The first kappa shape index (κ1) is 16.5. The molecule has 1 nitrogen and oxygen atoms in total. The molecular weight excluding hydrogens is 254 g/mol. The van der Waals surface area contributed by atoms with E-state index in [4.69, 9.17) is 11.6 Å². The van der Waals surface area contributed by atoms with Gasteiger partial charge in [0.1, 0.15) is 0 Å². The summed E-state index contributed by atoms with van der Waals surface area (Å²) in [6.07, 6.45) is 9.25. The third-order valence-corrected chi connectivity index (χ3v) is 3.85. The highest BCUT2D eigenvalue weighted by atomic mass is 35.5. The summed E-state index contributed by atoms with van der Waals surface area (Å²) in [6, 6.07) is 8.68. The molecule has 0 saturated carbocycles. The van der Waals surface area contributed by atoms with Gasteiger partial charge < -0.3 is 5.32 Å². The number of hydrogen-bond acceptors (Lipinski definition) is 1. The second kappa shape index (κ2) is 10.3. The Morgan fingerprint density at radius 2 is 1.58 bits per heavy atom. The van der Waals surface area contributed by atoms with E-state index >= 15 is 0 Å². The highest BCUT2D eigenvalue weighted by Gasteiger charge is 2.07. The molecule has 1 aromatic carbocycles. The van der Waals surface area contributed by atoms with Gasteiger partial charge in [0.2, 0.25) is 0 Å². The lowest BCUT2D eigenvalue weighted by Gasteiger charge is -2.17. The average Bonchev–Trinajstić information content (AvgIpc) is 2.43. The predicted molar refractivity (Wildman–Crippen MR) is 85.9 cm³/mol. The van der Waals surface area contributed by atoms with Gasteiger partial charge in [0.05, 0.1) is 0 Å². The molecule has 19 heavy (non-hydrogen) atoms. The summed E-state index contributed by atoms with van der Waals surface area (Å²) >= 11 is 5.93. The first-order chi connectivity index (χ1) is 9.27. The monoisotopic (exact) mass is 281 g/mol. The van der Waals surface area contributed by atoms with Crippen LogP contribution in [0.3, 0.4) is 0 Å². The van der Waals surface area contributed by atoms with Crippen molar-refractivity contribution in [3.8, 4) is 0 Å². The highest BCUT2D eigenvalue weighted by Crippen LogP contribution is 2.19. The molecule has 0 amide bonds. The number of hydrogen-bond donors (Lipinski definition) is 1. The van der Waals surface area contributed by atoms with Crippen LogP contribution in [-0.2, 0) is 0 Å². The second-order valence-electron chi connectivity index (χ2n) is 5.23. The Bertz CT molecular complexity index is 321. The molecule has 1 N–H and O–H groups in total. The Labute approximate surface area is 123 Å². The van der Waals surface area contributed by atoms with Crippen LogP contribution in [0.1, 0.15) is 70.4 Å². The Morgan fingerprint density at radius 1 is 0.947 bits per heavy atom. The zero-order chi connectivity index (χ0) is 13.9. The molecule has 0 spiro atoms. The zero-order valence-electron chi connectivity index (χ0n) is 12.4. The molecule has 108 valence electrons. The van der Waals surface area contributed by atoms with E-state index in [1.54, 1.807) is 0 Å². The van der Waals surface area contributed by atoms with E-state index in [-0.39, 0.29) is 0 Å². The third-order valence-electron chi connectivity index (χ3n) is 3.60. The van der Waals surface area contributed by atoms with Crippen molar-refractivity contribution in [2.45, 2.75) is 64.8 Å². The number of rotatable bonds is 10. The van der Waals surface area contributed by atoms with E-state index in [1.807, 2.05) is 12.1 Å². The summed E-state index contributed by atoms with van der Waals surface area (Å²) in [7, 11) is 0. The molecule has 1 atom stereocenters. The standard InChI is InChI=1S/C17H28ClN/c1-3-5-6-7-8-9-14-19-17(4-2)15-10-12-16(18)13-11-15/h10-13,17,19H,3-9,14H2,1-2H3. The molecule has 0 radical (unpaired) electrons. The molecule has 1 aromatic rings. The molecular formula is C17H28ClN. The molecule has 0 fully saturated rings. The molecule has 0 aliphatic rings. The maximum absolute atomic E-state index is 5.93. The SMILES string of the molecule is CCCCCCCCNC(CC)c1ccc(Cl)cc1. The van der Waals surface area contributed by atoms with Crippen LogP contribution < -0.4 is 5.32 Å². The average molecular weight is 282 g/mol. The summed E-state index contributed by atoms with van der Waals surface area (Å²) in [5, 5.41) is 4.47. The topological polar surface area (TPSA) is 12.0 Å². The fraction of sp³-hybridized carbons (Fsp3) is 0.647. The number of halogens is 1. The summed E-state index contributed by atoms with van der Waals surface area (Å²) < 4.78 is 0. The molecule has 0 bridgehead atoms. The quantitative estimate of drug-likeness (QED) is 0.539. The van der Waals surface area contributed by atoms with Crippen molar-refractivity contribution in [3.05, 3.63) is 34.9 Å². The Kier molecular flexibility index (Phi) is 8.94. The number of benzene rings is 1. The smallest absolute Gasteiger partial charge is 0.0406 e. The summed E-state index contributed by atoms with van der Waals surface area (Å²) in [5.74, 6) is 0. The van der Waals surface area contributed by atoms with E-state index in [9.17, 15) is 0 Å². The Morgan fingerprint density at radius 3 is 2.21 bits per heavy atom. The van der Waals surface area contributed by atoms with Crippen molar-refractivity contribution < 1.29 is 0 Å². The molecule has 1 rings (SSSR count). The third kappa shape index (κ3) is 6.98. The van der Waals surface area contributed by atoms with Crippen LogP contribution in [0.15, 0.2) is 24.3 Å². The van der Waals surface area contributed by atoms with Gasteiger partial charge in [-0.3, -0.25) is 0 Å². The largest absolute Gasteiger partial charge is 0.310 e. The molecule has 0 saturated heterocycles. The van der Waals surface area contributed by atoms with E-state index in [0.717, 1.165) is 18.0 Å². The molecule has 0 aliphatic carbocycles. The van der Waals surface area contributed by atoms with E-state index in [0.29, 0.717) is 6.04 Å². The van der Waals surface area contributed by atoms with Crippen LogP contribution in [0.2, 0.25) is 5.02 Å². The van der Waals surface area contributed by atoms with Crippen molar-refractivity contribution in [3.63, 3.8) is 0 Å². The van der Waals surface area contributed by atoms with Crippen molar-refractivity contribution in [1.29, 1.82) is 0 Å². The van der Waals surface area contributed by atoms with Crippen LogP contribution in [0, 0.1) is 0 Å². The minimum Gasteiger partial charge on any atom is -0.310 e. The highest BCUT2D eigenvalue weighted by molar-refractivity contribution is 6.30. The second-order valence-corrected chi connectivity index (χ2v) is 5.67. The maximum Gasteiger partial charge on any atom is 0.0406 e. The van der Waals surface area contributed by atoms with Gasteiger partial charge in [0.15, 0.2) is 0 Å². The first-order valence-electron chi connectivity index (χ1n) is 7.76. The van der Waals surface area contributed by atoms with Crippen LogP contribution >= 0.6 is 11.6 Å². The van der Waals surface area contributed by atoms with Crippen molar-refractivity contribution in [2.75, 3.05) is 6.54 Å². The van der Waals surface area contributed by atoms with E-state index < -0.39 is 0 Å². The van der Waals surface area contributed by atoms with Gasteiger partial charge in [-0.15, -0.1) is 0 Å². The fourth-order valence-corrected chi connectivity index (χ4v) is 2.50. The number of unbranched alkanes of at least 4 members (excludes halogenated alkanes) is 5. The van der Waals surface area contributed by atoms with Gasteiger partial charge in [0.25, 0.3) is 0 Å². The first-order valence-corrected chi connectivity index (χ1v) is 8.14. The number of nitrogens with one attached hydrogen (secondary N) is 1. The molecule has 1 unspecified atom stereocenters. The van der Waals surface area contributed by atoms with Crippen LogP contribution in [0.4, 0.5) is 0 Å². The van der Waals surface area contributed by atoms with Crippen molar-refractivity contribution >= 4 is 11.6 Å². The molecule has 0 aromatic heterocycles.